The molecule has 2 aromatic carbocycles. The molecular formula is C21H13ClF3N5O2. The molecule has 0 atom stereocenters. The van der Waals surface area contributed by atoms with Gasteiger partial charge in [-0.05, 0) is 36.4 Å². The second-order valence-corrected chi connectivity index (χ2v) is 6.86. The Morgan fingerprint density at radius 2 is 1.84 bits per heavy atom. The van der Waals surface area contributed by atoms with Gasteiger partial charge in [0.25, 0.3) is 5.91 Å². The Hall–Kier alpha value is -3.92. The molecule has 11 heteroatoms. The number of alkyl halides is 3. The first-order valence-corrected chi connectivity index (χ1v) is 9.45. The van der Waals surface area contributed by atoms with Crippen molar-refractivity contribution in [3.05, 3.63) is 89.6 Å². The number of hydrogen-bond acceptors (Lipinski definition) is 5. The van der Waals surface area contributed by atoms with E-state index >= 15 is 0 Å². The first-order valence-electron chi connectivity index (χ1n) is 9.08. The number of amides is 1. The van der Waals surface area contributed by atoms with Gasteiger partial charge in [-0.3, -0.25) is 9.78 Å². The molecule has 0 radical (unpaired) electrons. The number of nitrogens with one attached hydrogen (secondary N) is 1. The maximum atomic E-state index is 13.8. The third-order valence-electron chi connectivity index (χ3n) is 4.21. The van der Waals surface area contributed by atoms with Gasteiger partial charge in [-0.2, -0.15) is 18.3 Å². The fourth-order valence-corrected chi connectivity index (χ4v) is 2.99. The number of benzene rings is 2. The molecule has 7 nitrogen and oxygen atoms in total. The van der Waals surface area contributed by atoms with E-state index in [0.717, 1.165) is 6.20 Å². The van der Waals surface area contributed by atoms with Crippen LogP contribution in [0, 0.1) is 0 Å². The molecule has 0 aliphatic carbocycles. The lowest BCUT2D eigenvalue weighted by atomic mass is 10.2. The zero-order valence-electron chi connectivity index (χ0n) is 16.0. The number of anilines is 1. The van der Waals surface area contributed by atoms with Crippen LogP contribution >= 0.6 is 11.6 Å². The summed E-state index contributed by atoms with van der Waals surface area (Å²) in [5.41, 5.74) is -1.50. The van der Waals surface area contributed by atoms with E-state index in [1.54, 1.807) is 12.1 Å². The van der Waals surface area contributed by atoms with Crippen LogP contribution in [0.4, 0.5) is 18.9 Å². The van der Waals surface area contributed by atoms with Crippen molar-refractivity contribution in [2.45, 2.75) is 6.18 Å². The highest BCUT2D eigenvalue weighted by Crippen LogP contribution is 2.34. The standard InChI is InChI=1S/C21H13ClF3N5O2/c22-13-4-6-15(7-5-13)30-19(21(23,24)25)17(11-28-30)20(31)29-14-2-1-3-16(10-14)32-18-12-26-8-9-27-18/h1-12H,(H,29,31). The Balaban J connectivity index is 1.61. The summed E-state index contributed by atoms with van der Waals surface area (Å²) >= 11 is 5.80. The number of hydrogen-bond donors (Lipinski definition) is 1. The quantitative estimate of drug-likeness (QED) is 0.433. The molecule has 4 aromatic rings. The Labute approximate surface area is 184 Å². The van der Waals surface area contributed by atoms with Gasteiger partial charge in [0.05, 0.1) is 23.6 Å². The van der Waals surface area contributed by atoms with Crippen LogP contribution < -0.4 is 10.1 Å². The number of nitrogens with zero attached hydrogens (tertiary/aromatic N) is 4. The fraction of sp³-hybridized carbons (Fsp3) is 0.0476. The zero-order valence-corrected chi connectivity index (χ0v) is 16.8. The molecule has 2 aromatic heterocycles. The van der Waals surface area contributed by atoms with Crippen LogP contribution in [0.3, 0.4) is 0 Å². The molecule has 0 aliphatic heterocycles. The summed E-state index contributed by atoms with van der Waals surface area (Å²) in [6.45, 7) is 0. The Kier molecular flexibility index (Phi) is 5.78. The number of aromatic nitrogens is 4. The van der Waals surface area contributed by atoms with E-state index in [1.807, 2.05) is 0 Å². The lowest BCUT2D eigenvalue weighted by Crippen LogP contribution is -2.20. The highest BCUT2D eigenvalue weighted by molar-refractivity contribution is 6.30. The van der Waals surface area contributed by atoms with Crippen molar-refractivity contribution in [2.24, 2.45) is 0 Å². The van der Waals surface area contributed by atoms with Gasteiger partial charge in [-0.15, -0.1) is 0 Å². The summed E-state index contributed by atoms with van der Waals surface area (Å²) in [5.74, 6) is -0.440. The van der Waals surface area contributed by atoms with Crippen LogP contribution in [0.5, 0.6) is 11.6 Å². The smallest absolute Gasteiger partial charge is 0.434 e. The van der Waals surface area contributed by atoms with Crippen LogP contribution in [0.25, 0.3) is 5.69 Å². The summed E-state index contributed by atoms with van der Waals surface area (Å²) in [5, 5.41) is 6.57. The predicted molar refractivity (Wildman–Crippen MR) is 110 cm³/mol. The number of carbonyl (C=O) groups excluding carboxylic acids is 1. The topological polar surface area (TPSA) is 81.9 Å². The van der Waals surface area contributed by atoms with Crippen molar-refractivity contribution in [1.82, 2.24) is 19.7 Å². The van der Waals surface area contributed by atoms with Crippen LogP contribution in [-0.4, -0.2) is 25.7 Å². The molecular weight excluding hydrogens is 447 g/mol. The van der Waals surface area contributed by atoms with Crippen LogP contribution in [0.1, 0.15) is 16.1 Å². The molecule has 0 aliphatic rings. The minimum atomic E-state index is -4.83. The molecule has 2 heterocycles. The summed E-state index contributed by atoms with van der Waals surface area (Å²) in [6.07, 6.45) is 0.350. The Morgan fingerprint density at radius 3 is 2.53 bits per heavy atom. The lowest BCUT2D eigenvalue weighted by Gasteiger charge is -2.13. The van der Waals surface area contributed by atoms with E-state index in [1.165, 1.54) is 55.0 Å². The predicted octanol–water partition coefficient (Wildman–Crippen LogP) is 5.38. The van der Waals surface area contributed by atoms with Gasteiger partial charge < -0.3 is 10.1 Å². The van der Waals surface area contributed by atoms with E-state index in [9.17, 15) is 18.0 Å². The molecule has 0 unspecified atom stereocenters. The molecule has 0 fully saturated rings. The van der Waals surface area contributed by atoms with Crippen molar-refractivity contribution in [2.75, 3.05) is 5.32 Å². The van der Waals surface area contributed by atoms with Crippen LogP contribution in [0.15, 0.2) is 73.3 Å². The van der Waals surface area contributed by atoms with Gasteiger partial charge in [0.2, 0.25) is 5.88 Å². The number of ether oxygens (including phenoxy) is 1. The second kappa shape index (κ2) is 8.67. The summed E-state index contributed by atoms with van der Waals surface area (Å²) < 4.78 is 47.6. The maximum Gasteiger partial charge on any atom is 0.434 e. The molecule has 0 saturated carbocycles. The zero-order chi connectivity index (χ0) is 22.7. The van der Waals surface area contributed by atoms with E-state index in [4.69, 9.17) is 16.3 Å². The third kappa shape index (κ3) is 4.70. The van der Waals surface area contributed by atoms with E-state index in [2.05, 4.69) is 20.4 Å². The molecule has 0 saturated heterocycles. The van der Waals surface area contributed by atoms with Gasteiger partial charge in [0, 0.05) is 29.2 Å². The fourth-order valence-electron chi connectivity index (χ4n) is 2.86. The molecule has 162 valence electrons. The van der Waals surface area contributed by atoms with Crippen molar-refractivity contribution in [3.8, 4) is 17.3 Å². The van der Waals surface area contributed by atoms with Crippen LogP contribution in [0.2, 0.25) is 5.02 Å². The molecule has 1 N–H and O–H groups in total. The van der Waals surface area contributed by atoms with Crippen molar-refractivity contribution < 1.29 is 22.7 Å². The van der Waals surface area contributed by atoms with Gasteiger partial charge in [0.15, 0.2) is 5.69 Å². The van der Waals surface area contributed by atoms with E-state index < -0.39 is 23.3 Å². The third-order valence-corrected chi connectivity index (χ3v) is 4.46. The van der Waals surface area contributed by atoms with Crippen molar-refractivity contribution in [3.63, 3.8) is 0 Å². The SMILES string of the molecule is O=C(Nc1cccc(Oc2cnccn2)c1)c1cnn(-c2ccc(Cl)cc2)c1C(F)(F)F. The van der Waals surface area contributed by atoms with E-state index in [0.29, 0.717) is 15.5 Å². The minimum absolute atomic E-state index is 0.111. The monoisotopic (exact) mass is 459 g/mol. The number of rotatable bonds is 5. The first kappa shape index (κ1) is 21.3. The summed E-state index contributed by atoms with van der Waals surface area (Å²) in [7, 11) is 0. The Morgan fingerprint density at radius 1 is 1.06 bits per heavy atom. The average Bonchev–Trinajstić information content (AvgIpc) is 3.21. The normalized spacial score (nSPS) is 11.2. The molecule has 0 spiro atoms. The van der Waals surface area contributed by atoms with Crippen molar-refractivity contribution >= 4 is 23.2 Å². The lowest BCUT2D eigenvalue weighted by molar-refractivity contribution is -0.143. The maximum absolute atomic E-state index is 13.8. The first-order chi connectivity index (χ1) is 15.3. The largest absolute Gasteiger partial charge is 0.437 e. The van der Waals surface area contributed by atoms with Gasteiger partial charge in [0.1, 0.15) is 5.75 Å². The molecule has 4 rings (SSSR count). The highest BCUT2D eigenvalue weighted by atomic mass is 35.5. The molecule has 0 bridgehead atoms. The van der Waals surface area contributed by atoms with Gasteiger partial charge >= 0.3 is 6.18 Å². The summed E-state index contributed by atoms with van der Waals surface area (Å²) in [6, 6.07) is 11.7. The summed E-state index contributed by atoms with van der Waals surface area (Å²) in [4.78, 5) is 20.5. The van der Waals surface area contributed by atoms with E-state index in [-0.39, 0.29) is 17.3 Å². The number of halogens is 4. The van der Waals surface area contributed by atoms with Crippen molar-refractivity contribution in [1.29, 1.82) is 0 Å². The number of carbonyl (C=O) groups is 1. The van der Waals surface area contributed by atoms with Gasteiger partial charge in [-0.1, -0.05) is 17.7 Å². The Bertz CT molecular complexity index is 1240. The average molecular weight is 460 g/mol. The minimum Gasteiger partial charge on any atom is -0.437 e. The highest BCUT2D eigenvalue weighted by Gasteiger charge is 2.40. The molecule has 1 amide bonds. The molecule has 32 heavy (non-hydrogen) atoms. The second-order valence-electron chi connectivity index (χ2n) is 6.42. The van der Waals surface area contributed by atoms with Gasteiger partial charge in [-0.25, -0.2) is 9.67 Å². The van der Waals surface area contributed by atoms with Crippen LogP contribution in [-0.2, 0) is 6.18 Å².